The van der Waals surface area contributed by atoms with E-state index in [4.69, 9.17) is 9.47 Å². The molecule has 3 aliphatic carbocycles. The summed E-state index contributed by atoms with van der Waals surface area (Å²) in [5.41, 5.74) is 1.97. The van der Waals surface area contributed by atoms with Crippen LogP contribution in [-0.2, 0) is 4.74 Å². The minimum Gasteiger partial charge on any atom is -0.468 e. The van der Waals surface area contributed by atoms with Crippen molar-refractivity contribution in [3.05, 3.63) is 29.8 Å². The molecular formula is C17H24O2. The summed E-state index contributed by atoms with van der Waals surface area (Å²) in [6, 6.07) is 8.16. The molecule has 0 radical (unpaired) electrons. The molecule has 0 atom stereocenters. The molecule has 0 heterocycles. The van der Waals surface area contributed by atoms with E-state index < -0.39 is 0 Å². The molecule has 2 nitrogen and oxygen atoms in total. The summed E-state index contributed by atoms with van der Waals surface area (Å²) in [5.74, 6) is 0.901. The predicted molar refractivity (Wildman–Crippen MR) is 76.3 cm³/mol. The third kappa shape index (κ3) is 2.79. The van der Waals surface area contributed by atoms with E-state index in [1.165, 1.54) is 44.1 Å². The standard InChI is InChI=1S/C17H24O2/c1-14-3-5-15(6-4-14)18-13-19-17-10-7-16(2,8-11-17)9-12-17/h3-6H,7-13H2,1-2H3. The zero-order valence-electron chi connectivity index (χ0n) is 12.1. The molecule has 0 unspecified atom stereocenters. The van der Waals surface area contributed by atoms with Crippen molar-refractivity contribution in [3.8, 4) is 5.75 Å². The van der Waals surface area contributed by atoms with Crippen molar-refractivity contribution in [3.63, 3.8) is 0 Å². The molecule has 2 bridgehead atoms. The molecule has 2 heteroatoms. The maximum Gasteiger partial charge on any atom is 0.189 e. The van der Waals surface area contributed by atoms with E-state index in [9.17, 15) is 0 Å². The van der Waals surface area contributed by atoms with Gasteiger partial charge >= 0.3 is 0 Å². The average Bonchev–Trinajstić information content (AvgIpc) is 2.43. The van der Waals surface area contributed by atoms with Crippen molar-refractivity contribution in [1.82, 2.24) is 0 Å². The molecule has 1 aromatic carbocycles. The Balaban J connectivity index is 1.51. The highest BCUT2D eigenvalue weighted by Gasteiger charge is 2.46. The van der Waals surface area contributed by atoms with Gasteiger partial charge in [-0.15, -0.1) is 0 Å². The van der Waals surface area contributed by atoms with E-state index in [-0.39, 0.29) is 5.60 Å². The summed E-state index contributed by atoms with van der Waals surface area (Å²) in [7, 11) is 0. The fourth-order valence-electron chi connectivity index (χ4n) is 3.41. The van der Waals surface area contributed by atoms with E-state index in [2.05, 4.69) is 26.0 Å². The number of ether oxygens (including phenoxy) is 2. The molecule has 1 aromatic rings. The third-order valence-corrected chi connectivity index (χ3v) is 5.16. The number of hydrogen-bond donors (Lipinski definition) is 0. The maximum absolute atomic E-state index is 6.11. The molecule has 3 fully saturated rings. The second-order valence-electron chi connectivity index (χ2n) is 6.71. The third-order valence-electron chi connectivity index (χ3n) is 5.16. The zero-order chi connectivity index (χ0) is 13.3. The highest BCUT2D eigenvalue weighted by molar-refractivity contribution is 5.26. The lowest BCUT2D eigenvalue weighted by Gasteiger charge is -2.51. The van der Waals surface area contributed by atoms with Gasteiger partial charge in [0, 0.05) is 0 Å². The Labute approximate surface area is 116 Å². The van der Waals surface area contributed by atoms with Crippen LogP contribution in [0.25, 0.3) is 0 Å². The molecular weight excluding hydrogens is 236 g/mol. The number of benzene rings is 1. The quantitative estimate of drug-likeness (QED) is 0.744. The number of hydrogen-bond acceptors (Lipinski definition) is 2. The zero-order valence-corrected chi connectivity index (χ0v) is 12.1. The first-order chi connectivity index (χ1) is 9.09. The first-order valence-electron chi connectivity index (χ1n) is 7.43. The van der Waals surface area contributed by atoms with Crippen LogP contribution in [0, 0.1) is 12.3 Å². The summed E-state index contributed by atoms with van der Waals surface area (Å²) in [5, 5.41) is 0. The lowest BCUT2D eigenvalue weighted by molar-refractivity contribution is -0.167. The Hall–Kier alpha value is -1.02. The number of aryl methyl sites for hydroxylation is 1. The van der Waals surface area contributed by atoms with E-state index in [1.54, 1.807) is 0 Å². The van der Waals surface area contributed by atoms with E-state index >= 15 is 0 Å². The molecule has 19 heavy (non-hydrogen) atoms. The first-order valence-corrected chi connectivity index (χ1v) is 7.43. The molecule has 0 spiro atoms. The van der Waals surface area contributed by atoms with Crippen LogP contribution in [0.1, 0.15) is 51.0 Å². The van der Waals surface area contributed by atoms with Gasteiger partial charge in [-0.25, -0.2) is 0 Å². The highest BCUT2D eigenvalue weighted by atomic mass is 16.7. The Morgan fingerprint density at radius 2 is 1.53 bits per heavy atom. The minimum atomic E-state index is 0.114. The Bertz CT molecular complexity index is 411. The van der Waals surface area contributed by atoms with Crippen LogP contribution >= 0.6 is 0 Å². The second kappa shape index (κ2) is 4.82. The van der Waals surface area contributed by atoms with Gasteiger partial charge in [-0.05, 0) is 63.0 Å². The van der Waals surface area contributed by atoms with Crippen molar-refractivity contribution < 1.29 is 9.47 Å². The maximum atomic E-state index is 6.11. The molecule has 0 N–H and O–H groups in total. The molecule has 4 rings (SSSR count). The normalized spacial score (nSPS) is 33.4. The lowest BCUT2D eigenvalue weighted by atomic mass is 9.59. The Morgan fingerprint density at radius 3 is 2.11 bits per heavy atom. The van der Waals surface area contributed by atoms with Gasteiger partial charge < -0.3 is 9.47 Å². The van der Waals surface area contributed by atoms with Gasteiger partial charge in [0.05, 0.1) is 5.60 Å². The van der Waals surface area contributed by atoms with Crippen molar-refractivity contribution in [2.24, 2.45) is 5.41 Å². The summed E-state index contributed by atoms with van der Waals surface area (Å²) in [4.78, 5) is 0. The van der Waals surface area contributed by atoms with Crippen LogP contribution < -0.4 is 4.74 Å². The molecule has 0 saturated heterocycles. The van der Waals surface area contributed by atoms with Crippen LogP contribution in [0.3, 0.4) is 0 Å². The van der Waals surface area contributed by atoms with Crippen LogP contribution in [0.4, 0.5) is 0 Å². The summed E-state index contributed by atoms with van der Waals surface area (Å²) < 4.78 is 11.8. The SMILES string of the molecule is Cc1ccc(OCOC23CCC(C)(CC2)CC3)cc1. The summed E-state index contributed by atoms with van der Waals surface area (Å²) >= 11 is 0. The van der Waals surface area contributed by atoms with E-state index in [0.717, 1.165) is 5.75 Å². The molecule has 0 aromatic heterocycles. The number of rotatable bonds is 4. The molecule has 0 amide bonds. The van der Waals surface area contributed by atoms with E-state index in [1.807, 2.05) is 12.1 Å². The second-order valence-corrected chi connectivity index (χ2v) is 6.71. The van der Waals surface area contributed by atoms with Gasteiger partial charge in [0.1, 0.15) is 5.75 Å². The molecule has 104 valence electrons. The topological polar surface area (TPSA) is 18.5 Å². The van der Waals surface area contributed by atoms with Gasteiger partial charge in [0.15, 0.2) is 6.79 Å². The van der Waals surface area contributed by atoms with Gasteiger partial charge in [-0.3, -0.25) is 0 Å². The largest absolute Gasteiger partial charge is 0.468 e. The fraction of sp³-hybridized carbons (Fsp3) is 0.647. The first kappa shape index (κ1) is 13.0. The highest BCUT2D eigenvalue weighted by Crippen LogP contribution is 2.53. The predicted octanol–water partition coefficient (Wildman–Crippen LogP) is 4.46. The van der Waals surface area contributed by atoms with Crippen LogP contribution in [0.15, 0.2) is 24.3 Å². The van der Waals surface area contributed by atoms with Crippen molar-refractivity contribution >= 4 is 0 Å². The minimum absolute atomic E-state index is 0.114. The van der Waals surface area contributed by atoms with E-state index in [0.29, 0.717) is 12.2 Å². The van der Waals surface area contributed by atoms with Crippen LogP contribution in [0.2, 0.25) is 0 Å². The fourth-order valence-corrected chi connectivity index (χ4v) is 3.41. The molecule has 3 saturated carbocycles. The van der Waals surface area contributed by atoms with Crippen molar-refractivity contribution in [1.29, 1.82) is 0 Å². The van der Waals surface area contributed by atoms with Gasteiger partial charge in [-0.2, -0.15) is 0 Å². The van der Waals surface area contributed by atoms with Crippen LogP contribution in [-0.4, -0.2) is 12.4 Å². The van der Waals surface area contributed by atoms with Gasteiger partial charge in [0.2, 0.25) is 0 Å². The lowest BCUT2D eigenvalue weighted by Crippen LogP contribution is -2.47. The Kier molecular flexibility index (Phi) is 3.30. The van der Waals surface area contributed by atoms with Crippen molar-refractivity contribution in [2.75, 3.05) is 6.79 Å². The average molecular weight is 260 g/mol. The smallest absolute Gasteiger partial charge is 0.189 e. The van der Waals surface area contributed by atoms with Gasteiger partial charge in [-0.1, -0.05) is 24.6 Å². The monoisotopic (exact) mass is 260 g/mol. The number of fused-ring (bicyclic) bond motifs is 3. The summed E-state index contributed by atoms with van der Waals surface area (Å²) in [6.07, 6.45) is 7.58. The van der Waals surface area contributed by atoms with Crippen LogP contribution in [0.5, 0.6) is 5.75 Å². The van der Waals surface area contributed by atoms with Crippen molar-refractivity contribution in [2.45, 2.75) is 58.0 Å². The molecule has 0 aliphatic heterocycles. The summed E-state index contributed by atoms with van der Waals surface area (Å²) in [6.45, 7) is 4.90. The van der Waals surface area contributed by atoms with Gasteiger partial charge in [0.25, 0.3) is 0 Å². The Morgan fingerprint density at radius 1 is 0.947 bits per heavy atom. The molecule has 3 aliphatic rings.